The molecule has 0 aliphatic carbocycles. The summed E-state index contributed by atoms with van der Waals surface area (Å²) in [6, 6.07) is 16.7. The third kappa shape index (κ3) is 5.48. The number of benzene rings is 2. The molecule has 0 fully saturated rings. The van der Waals surface area contributed by atoms with E-state index in [0.29, 0.717) is 19.1 Å². The Balaban J connectivity index is 0.00000240. The fourth-order valence-electron chi connectivity index (χ4n) is 3.36. The molecule has 152 valence electrons. The third-order valence-electron chi connectivity index (χ3n) is 4.83. The zero-order chi connectivity index (χ0) is 19.3. The molecule has 0 bridgehead atoms. The first-order valence-corrected chi connectivity index (χ1v) is 10.4. The van der Waals surface area contributed by atoms with Crippen molar-refractivity contribution >= 4 is 41.3 Å². The van der Waals surface area contributed by atoms with Crippen molar-refractivity contribution in [1.29, 1.82) is 0 Å². The lowest BCUT2D eigenvalue weighted by atomic mass is 10.0. The number of rotatable bonds is 5. The van der Waals surface area contributed by atoms with E-state index < -0.39 is 0 Å². The molecule has 1 unspecified atom stereocenters. The van der Waals surface area contributed by atoms with Crippen LogP contribution in [-0.2, 0) is 6.42 Å². The molecule has 1 aromatic heterocycles. The Kier molecular flexibility index (Phi) is 7.49. The van der Waals surface area contributed by atoms with Crippen LogP contribution in [0.1, 0.15) is 28.6 Å². The smallest absolute Gasteiger partial charge is 0.189 e. The minimum atomic E-state index is 0. The zero-order valence-corrected chi connectivity index (χ0v) is 19.4. The van der Waals surface area contributed by atoms with Gasteiger partial charge in [0, 0.05) is 29.5 Å². The van der Waals surface area contributed by atoms with E-state index in [1.807, 2.05) is 25.1 Å². The maximum Gasteiger partial charge on any atom is 0.189 e. The van der Waals surface area contributed by atoms with Crippen molar-refractivity contribution < 1.29 is 4.74 Å². The first kappa shape index (κ1) is 21.6. The fraction of sp³-hybridized carbons (Fsp3) is 0.273. The monoisotopic (exact) mass is 520 g/mol. The van der Waals surface area contributed by atoms with Crippen LogP contribution in [0.15, 0.2) is 58.9 Å². The van der Waals surface area contributed by atoms with Crippen molar-refractivity contribution in [2.24, 2.45) is 10.7 Å². The van der Waals surface area contributed by atoms with Crippen molar-refractivity contribution in [2.45, 2.75) is 25.8 Å². The van der Waals surface area contributed by atoms with Crippen LogP contribution < -0.4 is 15.8 Å². The maximum absolute atomic E-state index is 6.12. The molecule has 3 N–H and O–H groups in total. The minimum Gasteiger partial charge on any atom is -0.493 e. The first-order chi connectivity index (χ1) is 13.7. The molecule has 2 aromatic carbocycles. The molecule has 0 saturated carbocycles. The molecule has 0 spiro atoms. The second kappa shape index (κ2) is 10.1. The normalized spacial score (nSPS) is 15.8. The highest BCUT2D eigenvalue weighted by molar-refractivity contribution is 14.0. The zero-order valence-electron chi connectivity index (χ0n) is 16.3. The third-order valence-corrected chi connectivity index (χ3v) is 5.61. The van der Waals surface area contributed by atoms with Gasteiger partial charge in [-0.1, -0.05) is 42.5 Å². The Labute approximate surface area is 192 Å². The average molecular weight is 520 g/mol. The van der Waals surface area contributed by atoms with Crippen LogP contribution in [0.5, 0.6) is 5.75 Å². The lowest BCUT2D eigenvalue weighted by Crippen LogP contribution is -2.37. The van der Waals surface area contributed by atoms with Crippen LogP contribution >= 0.6 is 35.3 Å². The Morgan fingerprint density at radius 2 is 2.03 bits per heavy atom. The number of hydrogen-bond donors (Lipinski definition) is 2. The van der Waals surface area contributed by atoms with Gasteiger partial charge in [0.1, 0.15) is 5.75 Å². The number of aliphatic imine (C=N–C) groups is 1. The lowest BCUT2D eigenvalue weighted by molar-refractivity contribution is 0.262. The van der Waals surface area contributed by atoms with Gasteiger partial charge >= 0.3 is 0 Å². The van der Waals surface area contributed by atoms with Crippen LogP contribution in [0, 0.1) is 6.92 Å². The number of nitrogens with zero attached hydrogens (tertiary/aromatic N) is 2. The quantitative estimate of drug-likeness (QED) is 0.291. The summed E-state index contributed by atoms with van der Waals surface area (Å²) >= 11 is 1.67. The van der Waals surface area contributed by atoms with Gasteiger partial charge in [0.15, 0.2) is 5.96 Å². The van der Waals surface area contributed by atoms with E-state index in [2.05, 4.69) is 51.0 Å². The van der Waals surface area contributed by atoms with Crippen molar-refractivity contribution in [1.82, 2.24) is 10.3 Å². The molecule has 5 nitrogen and oxygen atoms in total. The summed E-state index contributed by atoms with van der Waals surface area (Å²) in [7, 11) is 0. The predicted molar refractivity (Wildman–Crippen MR) is 130 cm³/mol. The Morgan fingerprint density at radius 3 is 2.79 bits per heavy atom. The highest BCUT2D eigenvalue weighted by Crippen LogP contribution is 2.31. The summed E-state index contributed by atoms with van der Waals surface area (Å²) in [4.78, 5) is 9.03. The van der Waals surface area contributed by atoms with Crippen molar-refractivity contribution in [3.8, 4) is 17.0 Å². The van der Waals surface area contributed by atoms with Crippen LogP contribution in [0.2, 0.25) is 0 Å². The number of nitrogens with one attached hydrogen (secondary N) is 1. The fourth-order valence-corrected chi connectivity index (χ4v) is 3.98. The molecule has 1 aliphatic heterocycles. The Bertz CT molecular complexity index is 971. The summed E-state index contributed by atoms with van der Waals surface area (Å²) in [5.74, 6) is 1.41. The van der Waals surface area contributed by atoms with Gasteiger partial charge in [-0.05, 0) is 25.0 Å². The predicted octanol–water partition coefficient (Wildman–Crippen LogP) is 4.71. The van der Waals surface area contributed by atoms with E-state index in [4.69, 9.17) is 10.5 Å². The molecular weight excluding hydrogens is 495 g/mol. The number of hydrogen-bond acceptors (Lipinski definition) is 4. The molecule has 0 saturated heterocycles. The minimum absolute atomic E-state index is 0. The van der Waals surface area contributed by atoms with Crippen LogP contribution in [-0.4, -0.2) is 24.1 Å². The first-order valence-electron chi connectivity index (χ1n) is 9.48. The average Bonchev–Trinajstić information content (AvgIpc) is 3.15. The van der Waals surface area contributed by atoms with Gasteiger partial charge in [-0.3, -0.25) is 4.99 Å². The number of aromatic nitrogens is 1. The number of ether oxygens (including phenoxy) is 1. The molecule has 0 radical (unpaired) electrons. The number of aryl methyl sites for hydroxylation is 1. The molecule has 1 atom stereocenters. The number of thiazole rings is 1. The summed E-state index contributed by atoms with van der Waals surface area (Å²) in [6.45, 7) is 3.36. The van der Waals surface area contributed by atoms with E-state index in [1.54, 1.807) is 11.3 Å². The van der Waals surface area contributed by atoms with E-state index in [1.165, 1.54) is 5.56 Å². The Morgan fingerprint density at radius 1 is 1.24 bits per heavy atom. The number of guanidine groups is 1. The molecule has 1 aliphatic rings. The molecule has 7 heteroatoms. The second-order valence-electron chi connectivity index (χ2n) is 6.84. The molecule has 3 aromatic rings. The van der Waals surface area contributed by atoms with Crippen molar-refractivity contribution in [2.75, 3.05) is 13.2 Å². The van der Waals surface area contributed by atoms with Gasteiger partial charge in [-0.25, -0.2) is 4.98 Å². The largest absolute Gasteiger partial charge is 0.493 e. The van der Waals surface area contributed by atoms with E-state index in [9.17, 15) is 0 Å². The summed E-state index contributed by atoms with van der Waals surface area (Å²) in [5.41, 5.74) is 10.7. The second-order valence-corrected chi connectivity index (χ2v) is 7.90. The van der Waals surface area contributed by atoms with Gasteiger partial charge in [-0.2, -0.15) is 0 Å². The van der Waals surface area contributed by atoms with Gasteiger partial charge in [0.2, 0.25) is 0 Å². The van der Waals surface area contributed by atoms with Gasteiger partial charge < -0.3 is 15.8 Å². The van der Waals surface area contributed by atoms with Crippen LogP contribution in [0.4, 0.5) is 0 Å². The van der Waals surface area contributed by atoms with Gasteiger partial charge in [0.05, 0.1) is 23.4 Å². The Hall–Kier alpha value is -2.13. The number of nitrogens with two attached hydrogens (primary N) is 1. The molecule has 2 heterocycles. The van der Waals surface area contributed by atoms with Gasteiger partial charge in [-0.15, -0.1) is 35.3 Å². The van der Waals surface area contributed by atoms with E-state index in [0.717, 1.165) is 40.4 Å². The number of para-hydroxylation sites is 1. The summed E-state index contributed by atoms with van der Waals surface area (Å²) in [6.07, 6.45) is 1.73. The van der Waals surface area contributed by atoms with E-state index >= 15 is 0 Å². The van der Waals surface area contributed by atoms with Crippen LogP contribution in [0.3, 0.4) is 0 Å². The van der Waals surface area contributed by atoms with Crippen molar-refractivity contribution in [3.63, 3.8) is 0 Å². The van der Waals surface area contributed by atoms with Gasteiger partial charge in [0.25, 0.3) is 0 Å². The topological polar surface area (TPSA) is 72.5 Å². The summed E-state index contributed by atoms with van der Waals surface area (Å²) < 4.78 is 5.69. The molecule has 0 amide bonds. The summed E-state index contributed by atoms with van der Waals surface area (Å²) in [5, 5.41) is 6.51. The molecule has 4 rings (SSSR count). The van der Waals surface area contributed by atoms with E-state index in [-0.39, 0.29) is 30.0 Å². The maximum atomic E-state index is 6.12. The van der Waals surface area contributed by atoms with Crippen LogP contribution in [0.25, 0.3) is 11.3 Å². The van der Waals surface area contributed by atoms with Crippen molar-refractivity contribution in [3.05, 3.63) is 70.0 Å². The lowest BCUT2D eigenvalue weighted by Gasteiger charge is -2.26. The highest BCUT2D eigenvalue weighted by atomic mass is 127. The molecule has 29 heavy (non-hydrogen) atoms. The molecular formula is C22H25IN4OS. The standard InChI is InChI=1S/C22H24N4OS.HI/c1-15-25-20(14-28-15)17-8-6-16(7-9-17)10-12-24-22(23)26-19-11-13-27-21-5-3-2-4-18(19)21;/h2-9,14,19H,10-13H2,1H3,(H3,23,24,26);1H. The number of fused-ring (bicyclic) bond motifs is 1. The number of halogens is 1. The SMILES string of the molecule is Cc1nc(-c2ccc(CCN=C(N)NC3CCOc4ccccc43)cc2)cs1.I. The highest BCUT2D eigenvalue weighted by Gasteiger charge is 2.21.